The van der Waals surface area contributed by atoms with Gasteiger partial charge in [-0.2, -0.15) is 0 Å². The monoisotopic (exact) mass is 173 g/mol. The van der Waals surface area contributed by atoms with Gasteiger partial charge >= 0.3 is 0 Å². The topological polar surface area (TPSA) is 32.6 Å². The van der Waals surface area contributed by atoms with Crippen molar-refractivity contribution in [2.45, 2.75) is 0 Å². The van der Waals surface area contributed by atoms with Gasteiger partial charge in [0.1, 0.15) is 5.82 Å². The Bertz CT molecular complexity index is 268. The first-order valence-corrected chi connectivity index (χ1v) is 3.23. The van der Waals surface area contributed by atoms with Crippen LogP contribution in [-0.4, -0.2) is 11.4 Å². The maximum absolute atomic E-state index is 12.5. The van der Waals surface area contributed by atoms with Crippen LogP contribution in [0.1, 0.15) is 5.56 Å². The van der Waals surface area contributed by atoms with Crippen molar-refractivity contribution in [3.05, 3.63) is 34.6 Å². The number of nitrogens with zero attached hydrogens (tertiary/aromatic N) is 1. The van der Waals surface area contributed by atoms with Gasteiger partial charge in [-0.05, 0) is 18.2 Å². The molecule has 0 fully saturated rings. The summed E-state index contributed by atoms with van der Waals surface area (Å²) in [4.78, 5) is 0. The fraction of sp³-hybridized carbons (Fsp3) is 0. The largest absolute Gasteiger partial charge is 0.411 e. The smallest absolute Gasteiger partial charge is 0.125 e. The Labute approximate surface area is 67.9 Å². The van der Waals surface area contributed by atoms with Crippen LogP contribution in [0.4, 0.5) is 4.39 Å². The molecular formula is C7H5ClFNO. The zero-order valence-corrected chi connectivity index (χ0v) is 6.22. The molecule has 0 saturated heterocycles. The molecule has 11 heavy (non-hydrogen) atoms. The molecule has 0 amide bonds. The van der Waals surface area contributed by atoms with E-state index in [0.29, 0.717) is 5.56 Å². The lowest BCUT2D eigenvalue weighted by Crippen LogP contribution is -1.83. The first-order valence-electron chi connectivity index (χ1n) is 2.86. The van der Waals surface area contributed by atoms with E-state index in [-0.39, 0.29) is 5.02 Å². The molecule has 1 N–H and O–H groups in total. The van der Waals surface area contributed by atoms with Gasteiger partial charge in [0.05, 0.1) is 6.21 Å². The van der Waals surface area contributed by atoms with Gasteiger partial charge in [0, 0.05) is 10.6 Å². The lowest BCUT2D eigenvalue weighted by atomic mass is 10.2. The van der Waals surface area contributed by atoms with Crippen LogP contribution in [0.5, 0.6) is 0 Å². The van der Waals surface area contributed by atoms with E-state index < -0.39 is 5.82 Å². The van der Waals surface area contributed by atoms with E-state index in [1.54, 1.807) is 0 Å². The van der Waals surface area contributed by atoms with Crippen molar-refractivity contribution in [1.29, 1.82) is 0 Å². The maximum atomic E-state index is 12.5. The van der Waals surface area contributed by atoms with Crippen molar-refractivity contribution < 1.29 is 9.60 Å². The second kappa shape index (κ2) is 3.34. The maximum Gasteiger partial charge on any atom is 0.125 e. The quantitative estimate of drug-likeness (QED) is 0.395. The zero-order valence-electron chi connectivity index (χ0n) is 5.46. The Morgan fingerprint density at radius 1 is 1.45 bits per heavy atom. The molecule has 1 aromatic rings. The summed E-state index contributed by atoms with van der Waals surface area (Å²) in [7, 11) is 0. The molecule has 0 saturated carbocycles. The number of hydrogen-bond acceptors (Lipinski definition) is 2. The van der Waals surface area contributed by atoms with Crippen molar-refractivity contribution in [1.82, 2.24) is 0 Å². The summed E-state index contributed by atoms with van der Waals surface area (Å²) >= 11 is 5.50. The zero-order chi connectivity index (χ0) is 8.27. The van der Waals surface area contributed by atoms with Crippen LogP contribution < -0.4 is 0 Å². The number of rotatable bonds is 1. The highest BCUT2D eigenvalue weighted by Crippen LogP contribution is 2.12. The Morgan fingerprint density at radius 2 is 2.18 bits per heavy atom. The summed E-state index contributed by atoms with van der Waals surface area (Å²) in [6.07, 6.45) is 1.11. The number of oxime groups is 1. The first-order chi connectivity index (χ1) is 5.22. The van der Waals surface area contributed by atoms with Crippen molar-refractivity contribution in [2.24, 2.45) is 5.16 Å². The van der Waals surface area contributed by atoms with Gasteiger partial charge < -0.3 is 5.21 Å². The fourth-order valence-electron chi connectivity index (χ4n) is 0.716. The average molecular weight is 174 g/mol. The number of benzene rings is 1. The van der Waals surface area contributed by atoms with Gasteiger partial charge in [-0.25, -0.2) is 4.39 Å². The molecule has 0 heterocycles. The molecule has 58 valence electrons. The summed E-state index contributed by atoms with van der Waals surface area (Å²) in [5.41, 5.74) is 0.428. The van der Waals surface area contributed by atoms with Gasteiger partial charge in [-0.15, -0.1) is 0 Å². The summed E-state index contributed by atoms with van der Waals surface area (Å²) in [6.45, 7) is 0. The van der Waals surface area contributed by atoms with E-state index in [1.807, 2.05) is 0 Å². The van der Waals surface area contributed by atoms with Crippen LogP contribution in [0, 0.1) is 5.82 Å². The van der Waals surface area contributed by atoms with Gasteiger partial charge in [0.2, 0.25) is 0 Å². The van der Waals surface area contributed by atoms with Crippen LogP contribution in [0.2, 0.25) is 5.02 Å². The molecule has 1 aromatic carbocycles. The van der Waals surface area contributed by atoms with Crippen molar-refractivity contribution >= 4 is 17.8 Å². The average Bonchev–Trinajstić information content (AvgIpc) is 1.85. The lowest BCUT2D eigenvalue weighted by molar-refractivity contribution is 0.322. The minimum atomic E-state index is -0.451. The molecule has 0 unspecified atom stereocenters. The summed E-state index contributed by atoms with van der Waals surface area (Å²) in [6, 6.07) is 3.88. The van der Waals surface area contributed by atoms with Crippen LogP contribution in [0.3, 0.4) is 0 Å². The van der Waals surface area contributed by atoms with E-state index in [4.69, 9.17) is 16.8 Å². The minimum Gasteiger partial charge on any atom is -0.411 e. The summed E-state index contributed by atoms with van der Waals surface area (Å²) < 4.78 is 12.5. The Hall–Kier alpha value is -1.09. The molecule has 0 aliphatic rings. The third-order valence-corrected chi connectivity index (χ3v) is 1.31. The van der Waals surface area contributed by atoms with E-state index in [9.17, 15) is 4.39 Å². The van der Waals surface area contributed by atoms with E-state index in [1.165, 1.54) is 18.2 Å². The molecule has 4 heteroatoms. The summed E-state index contributed by atoms with van der Waals surface area (Å²) in [5, 5.41) is 11.1. The Kier molecular flexibility index (Phi) is 2.44. The lowest BCUT2D eigenvalue weighted by Gasteiger charge is -1.93. The van der Waals surface area contributed by atoms with Crippen molar-refractivity contribution in [2.75, 3.05) is 0 Å². The molecule has 0 radical (unpaired) electrons. The second-order valence-corrected chi connectivity index (χ2v) is 2.38. The highest BCUT2D eigenvalue weighted by Gasteiger charge is 1.95. The minimum absolute atomic E-state index is 0.278. The summed E-state index contributed by atoms with van der Waals surface area (Å²) in [5.74, 6) is -0.451. The molecule has 1 rings (SSSR count). The molecule has 0 aromatic heterocycles. The first kappa shape index (κ1) is 8.01. The Morgan fingerprint density at radius 3 is 2.73 bits per heavy atom. The predicted molar refractivity (Wildman–Crippen MR) is 40.8 cm³/mol. The Balaban J connectivity index is 3.08. The third kappa shape index (κ3) is 2.20. The predicted octanol–water partition coefficient (Wildman–Crippen LogP) is 2.29. The van der Waals surface area contributed by atoms with E-state index in [0.717, 1.165) is 6.21 Å². The van der Waals surface area contributed by atoms with E-state index in [2.05, 4.69) is 5.16 Å². The van der Waals surface area contributed by atoms with Crippen LogP contribution in [-0.2, 0) is 0 Å². The van der Waals surface area contributed by atoms with Crippen molar-refractivity contribution in [3.63, 3.8) is 0 Å². The van der Waals surface area contributed by atoms with Crippen LogP contribution in [0.25, 0.3) is 0 Å². The standard InChI is InChI=1S/C7H5ClFNO/c8-6-1-5(4-10-11)2-7(9)3-6/h1-4,11H. The second-order valence-electron chi connectivity index (χ2n) is 1.95. The molecule has 0 spiro atoms. The fourth-order valence-corrected chi connectivity index (χ4v) is 0.947. The van der Waals surface area contributed by atoms with Gasteiger partial charge in [0.15, 0.2) is 0 Å². The third-order valence-electron chi connectivity index (χ3n) is 1.09. The van der Waals surface area contributed by atoms with E-state index >= 15 is 0 Å². The number of hydrogen-bond donors (Lipinski definition) is 1. The van der Waals surface area contributed by atoms with Gasteiger partial charge in [-0.1, -0.05) is 16.8 Å². The van der Waals surface area contributed by atoms with Gasteiger partial charge in [0.25, 0.3) is 0 Å². The van der Waals surface area contributed by atoms with Crippen molar-refractivity contribution in [3.8, 4) is 0 Å². The SMILES string of the molecule is ON=Cc1cc(F)cc(Cl)c1. The molecule has 0 atom stereocenters. The highest BCUT2D eigenvalue weighted by molar-refractivity contribution is 6.30. The normalized spacial score (nSPS) is 10.7. The molecule has 0 aliphatic carbocycles. The molecular weight excluding hydrogens is 169 g/mol. The molecule has 0 aliphatic heterocycles. The highest BCUT2D eigenvalue weighted by atomic mass is 35.5. The van der Waals surface area contributed by atoms with Crippen LogP contribution in [0.15, 0.2) is 23.4 Å². The molecule has 2 nitrogen and oxygen atoms in total. The molecule has 0 bridgehead atoms. The number of halogens is 2. The van der Waals surface area contributed by atoms with Crippen LogP contribution >= 0.6 is 11.6 Å². The van der Waals surface area contributed by atoms with Gasteiger partial charge in [-0.3, -0.25) is 0 Å².